The Morgan fingerprint density at radius 3 is 2.64 bits per heavy atom. The van der Waals surface area contributed by atoms with Crippen molar-refractivity contribution in [3.63, 3.8) is 0 Å². The predicted octanol–water partition coefficient (Wildman–Crippen LogP) is 8.33. The molecule has 0 bridgehead atoms. The van der Waals surface area contributed by atoms with Gasteiger partial charge in [0.2, 0.25) is 15.9 Å². The number of allylic oxidation sites excluding steroid dienone is 1. The van der Waals surface area contributed by atoms with E-state index in [4.69, 9.17) is 14.7 Å². The van der Waals surface area contributed by atoms with Crippen LogP contribution in [0, 0.1) is 17.8 Å². The van der Waals surface area contributed by atoms with Gasteiger partial charge in [-0.1, -0.05) is 46.3 Å². The molecular weight excluding hydrogens is 709 g/mol. The number of amides is 2. The van der Waals surface area contributed by atoms with Crippen LogP contribution in [-0.4, -0.2) is 53.4 Å². The second kappa shape index (κ2) is 15.6. The lowest BCUT2D eigenvalue weighted by atomic mass is 9.87. The first-order valence-electron chi connectivity index (χ1n) is 19.3. The Bertz CT molecular complexity index is 2030. The number of ketones is 1. The molecule has 2 N–H and O–H groups in total. The van der Waals surface area contributed by atoms with Crippen LogP contribution >= 0.6 is 11.3 Å². The molecule has 3 aliphatic rings. The topological polar surface area (TPSA) is 144 Å². The summed E-state index contributed by atoms with van der Waals surface area (Å²) >= 11 is 1.58. The molecule has 53 heavy (non-hydrogen) atoms. The van der Waals surface area contributed by atoms with Crippen LogP contribution in [0.25, 0.3) is 21.6 Å². The van der Waals surface area contributed by atoms with E-state index in [0.717, 1.165) is 76.3 Å². The van der Waals surface area contributed by atoms with Gasteiger partial charge in [-0.05, 0) is 101 Å². The van der Waals surface area contributed by atoms with Gasteiger partial charge in [-0.2, -0.15) is 0 Å². The zero-order valence-corrected chi connectivity index (χ0v) is 33.6. The fourth-order valence-corrected chi connectivity index (χ4v) is 9.70. The van der Waals surface area contributed by atoms with E-state index in [1.165, 1.54) is 0 Å². The molecule has 12 heteroatoms. The van der Waals surface area contributed by atoms with Gasteiger partial charge in [-0.25, -0.2) is 18.4 Å². The number of sulfonamides is 1. The zero-order valence-electron chi connectivity index (χ0n) is 31.9. The Morgan fingerprint density at radius 2 is 1.96 bits per heavy atom. The first-order chi connectivity index (χ1) is 25.2. The van der Waals surface area contributed by atoms with E-state index in [0.29, 0.717) is 44.4 Å². The van der Waals surface area contributed by atoms with E-state index in [-0.39, 0.29) is 34.2 Å². The van der Waals surface area contributed by atoms with Crippen molar-refractivity contribution < 1.29 is 31.8 Å². The van der Waals surface area contributed by atoms with Crippen LogP contribution in [0.3, 0.4) is 0 Å². The molecule has 2 amide bonds. The average molecular weight is 769 g/mol. The number of nitrogens with zero attached hydrogens (tertiary/aromatic N) is 2. The molecule has 10 nitrogen and oxygen atoms in total. The number of hydrogen-bond acceptors (Lipinski definition) is 9. The summed E-state index contributed by atoms with van der Waals surface area (Å²) in [5.41, 5.74) is 3.42. The minimum absolute atomic E-state index is 0. The van der Waals surface area contributed by atoms with Crippen molar-refractivity contribution >= 4 is 49.9 Å². The molecule has 1 aliphatic heterocycles. The summed E-state index contributed by atoms with van der Waals surface area (Å²) in [6.07, 6.45) is 11.1. The maximum absolute atomic E-state index is 14.2. The van der Waals surface area contributed by atoms with Crippen LogP contribution in [0.2, 0.25) is 0 Å². The van der Waals surface area contributed by atoms with Crippen molar-refractivity contribution in [1.29, 1.82) is 0 Å². The summed E-state index contributed by atoms with van der Waals surface area (Å²) in [4.78, 5) is 51.5. The third-order valence-corrected chi connectivity index (χ3v) is 14.7. The Morgan fingerprint density at radius 1 is 1.19 bits per heavy atom. The van der Waals surface area contributed by atoms with Crippen LogP contribution in [-0.2, 0) is 37.2 Å². The number of hydrogen-bond donors (Lipinski definition) is 2. The van der Waals surface area contributed by atoms with E-state index in [1.807, 2.05) is 31.2 Å². The van der Waals surface area contributed by atoms with Gasteiger partial charge in [0.05, 0.1) is 28.8 Å². The molecule has 1 unspecified atom stereocenters. The van der Waals surface area contributed by atoms with Crippen molar-refractivity contribution in [3.8, 4) is 16.5 Å². The minimum Gasteiger partial charge on any atom is -0.496 e. The first kappa shape index (κ1) is 39.1. The summed E-state index contributed by atoms with van der Waals surface area (Å²) in [7, 11) is -2.23. The minimum atomic E-state index is -3.90. The smallest absolute Gasteiger partial charge is 0.259 e. The van der Waals surface area contributed by atoms with E-state index in [9.17, 15) is 22.8 Å². The van der Waals surface area contributed by atoms with E-state index >= 15 is 0 Å². The average Bonchev–Trinajstić information content (AvgIpc) is 3.99. The number of thiazole rings is 1. The molecule has 3 heterocycles. The van der Waals surface area contributed by atoms with Gasteiger partial charge < -0.3 is 10.1 Å². The Hall–Kier alpha value is -3.64. The number of Topliss-reactive ketones (excluding diaryl/α,β-unsaturated/α-hetero) is 1. The monoisotopic (exact) mass is 768 g/mol. The van der Waals surface area contributed by atoms with Gasteiger partial charge in [-0.3, -0.25) is 19.1 Å². The number of ether oxygens (including phenoxy) is 1. The number of carbonyl (C=O) groups is 3. The molecular formula is C41H60N4O6S2. The normalized spacial score (nSPS) is 25.3. The quantitative estimate of drug-likeness (QED) is 0.185. The first-order valence-corrected chi connectivity index (χ1v) is 21.6. The number of pyridine rings is 1. The van der Waals surface area contributed by atoms with Crippen LogP contribution in [0.15, 0.2) is 35.7 Å². The number of aromatic nitrogens is 2. The number of rotatable bonds is 11. The highest BCUT2D eigenvalue weighted by Crippen LogP contribution is 2.47. The van der Waals surface area contributed by atoms with Crippen LogP contribution in [0.1, 0.15) is 126 Å². The summed E-state index contributed by atoms with van der Waals surface area (Å²) in [5.74, 6) is -1.14. The maximum Gasteiger partial charge on any atom is 0.259 e. The highest BCUT2D eigenvalue weighted by atomic mass is 32.2. The predicted molar refractivity (Wildman–Crippen MR) is 216 cm³/mol. The molecule has 292 valence electrons. The number of benzene rings is 1. The maximum atomic E-state index is 14.2. The van der Waals surface area contributed by atoms with Gasteiger partial charge >= 0.3 is 0 Å². The van der Waals surface area contributed by atoms with Gasteiger partial charge in [0.1, 0.15) is 22.1 Å². The van der Waals surface area contributed by atoms with E-state index in [2.05, 4.69) is 42.3 Å². The fourth-order valence-electron chi connectivity index (χ4n) is 7.45. The van der Waals surface area contributed by atoms with Crippen molar-refractivity contribution in [2.24, 2.45) is 17.8 Å². The largest absolute Gasteiger partial charge is 0.496 e. The van der Waals surface area contributed by atoms with Crippen molar-refractivity contribution in [3.05, 3.63) is 52.6 Å². The molecule has 2 fully saturated rings. The number of methoxy groups -OCH3 is 1. The molecule has 0 radical (unpaired) electrons. The fraction of sp³-hybridized carbons (Fsp3) is 0.585. The SMILES string of the molecule is CCc1c(OC)ccc2c(CCC[C@@H]3CC(=O)C(C)CCCC/C=C\[C@@H]4C[C@@]4(C(=O)NS(=O)(=O)C4(C)CC4)NC3=O)cc(-c3nc(C(C)C)cs3)nc12.[HH].[HH].[HH]. The molecule has 3 aromatic rings. The molecule has 2 saturated carbocycles. The molecule has 2 aromatic heterocycles. The van der Waals surface area contributed by atoms with Crippen molar-refractivity contribution in [2.45, 2.75) is 128 Å². The van der Waals surface area contributed by atoms with Gasteiger partial charge in [0.25, 0.3) is 5.91 Å². The van der Waals surface area contributed by atoms with E-state index < -0.39 is 32.1 Å². The highest BCUT2D eigenvalue weighted by Gasteiger charge is 2.62. The lowest BCUT2D eigenvalue weighted by molar-refractivity contribution is -0.134. The standard InChI is InChI=1S/C41H54N4O6S2.3H2/c1-7-30-35(51-6)18-17-31-27(21-32(42-36(30)31)38-43-33(24-52-38)25(2)3)14-12-15-28-22-34(46)26(4)13-10-8-9-11-16-29-23-41(29,44-37(28)47)39(48)45-53(49,50)40(5)19-20-40;;;/h11,16-18,21,24-26,28-29H,7-10,12-15,19-20,22-23H2,1-6H3,(H,44,47)(H,45,48);3*1H/b16-11-;;;/t26?,28-,29-,41-;;;/m1.../s1. The highest BCUT2D eigenvalue weighted by molar-refractivity contribution is 7.91. The van der Waals surface area contributed by atoms with Crippen molar-refractivity contribution in [1.82, 2.24) is 20.0 Å². The second-order valence-electron chi connectivity index (χ2n) is 15.9. The van der Waals surface area contributed by atoms with Gasteiger partial charge in [-0.15, -0.1) is 11.3 Å². The Balaban J connectivity index is 0.00000280. The number of fused-ring (bicyclic) bond motifs is 2. The molecule has 4 atom stereocenters. The molecule has 2 aliphatic carbocycles. The zero-order chi connectivity index (χ0) is 38.1. The summed E-state index contributed by atoms with van der Waals surface area (Å²) in [6.45, 7) is 9.89. The Labute approximate surface area is 322 Å². The van der Waals surface area contributed by atoms with Crippen LogP contribution < -0.4 is 14.8 Å². The van der Waals surface area contributed by atoms with Crippen LogP contribution in [0.4, 0.5) is 0 Å². The third-order valence-electron chi connectivity index (χ3n) is 11.6. The van der Waals surface area contributed by atoms with E-state index in [1.54, 1.807) is 25.4 Å². The van der Waals surface area contributed by atoms with Gasteiger partial charge in [0, 0.05) is 44.8 Å². The summed E-state index contributed by atoms with van der Waals surface area (Å²) in [6, 6.07) is 6.12. The van der Waals surface area contributed by atoms with Crippen LogP contribution in [0.5, 0.6) is 5.75 Å². The molecule has 6 rings (SSSR count). The summed E-state index contributed by atoms with van der Waals surface area (Å²) < 4.78 is 33.2. The number of nitrogens with one attached hydrogen (secondary N) is 2. The van der Waals surface area contributed by atoms with Crippen molar-refractivity contribution in [2.75, 3.05) is 7.11 Å². The third kappa shape index (κ3) is 8.23. The lowest BCUT2D eigenvalue weighted by Gasteiger charge is -2.24. The molecule has 0 spiro atoms. The number of carbonyl (C=O) groups excluding carboxylic acids is 3. The summed E-state index contributed by atoms with van der Waals surface area (Å²) in [5, 5.41) is 6.94. The molecule has 1 aromatic carbocycles. The second-order valence-corrected chi connectivity index (χ2v) is 19.0. The lowest BCUT2D eigenvalue weighted by Crippen LogP contribution is -2.54. The number of aryl methyl sites for hydroxylation is 2. The Kier molecular flexibility index (Phi) is 11.5. The van der Waals surface area contributed by atoms with Gasteiger partial charge in [0.15, 0.2) is 0 Å². The molecule has 0 saturated heterocycles.